The minimum Gasteiger partial charge on any atom is -0.496 e. The number of carbonyl (C=O) groups is 2. The first-order valence-electron chi connectivity index (χ1n) is 10.7. The normalized spacial score (nSPS) is 10.6. The zero-order valence-electron chi connectivity index (χ0n) is 19.3. The number of Topliss-reactive ketones (excluding diaryl/α,β-unsaturated/α-hetero) is 1. The van der Waals surface area contributed by atoms with Crippen LogP contribution in [0.1, 0.15) is 20.8 Å². The van der Waals surface area contributed by atoms with E-state index in [-0.39, 0.29) is 17.3 Å². The number of ketones is 1. The van der Waals surface area contributed by atoms with Gasteiger partial charge in [0.2, 0.25) is 0 Å². The highest BCUT2D eigenvalue weighted by Gasteiger charge is 2.17. The molecule has 0 radical (unpaired) electrons. The topological polar surface area (TPSA) is 103 Å². The van der Waals surface area contributed by atoms with Crippen molar-refractivity contribution < 1.29 is 23.5 Å². The maximum atomic E-state index is 13.6. The molecule has 0 saturated carbocycles. The van der Waals surface area contributed by atoms with Gasteiger partial charge in [-0.05, 0) is 48.5 Å². The Kier molecular flexibility index (Phi) is 7.50. The first-order chi connectivity index (χ1) is 17.4. The molecule has 36 heavy (non-hydrogen) atoms. The van der Waals surface area contributed by atoms with E-state index < -0.39 is 17.5 Å². The predicted octanol–water partition coefficient (Wildman–Crippen LogP) is 4.63. The molecule has 10 heteroatoms. The largest absolute Gasteiger partial charge is 0.496 e. The van der Waals surface area contributed by atoms with Crippen LogP contribution in [0.15, 0.2) is 67.3 Å². The Morgan fingerprint density at radius 1 is 0.944 bits per heavy atom. The Morgan fingerprint density at radius 3 is 2.39 bits per heavy atom. The lowest BCUT2D eigenvalue weighted by atomic mass is 10.0. The molecule has 0 unspecified atom stereocenters. The highest BCUT2D eigenvalue weighted by Crippen LogP contribution is 2.31. The number of ether oxygens (including phenoxy) is 2. The minimum absolute atomic E-state index is 0.0819. The second kappa shape index (κ2) is 10.9. The van der Waals surface area contributed by atoms with Crippen LogP contribution in [0.5, 0.6) is 11.5 Å². The van der Waals surface area contributed by atoms with E-state index in [9.17, 15) is 14.0 Å². The molecular formula is C26H20ClFN4O4. The SMILES string of the molecule is COc1cc(C(=O)NCC(=O)c2ccc(OC)c(-c3ccc(F)c(Cl)c3)n2)ccc1-c1cncnc1. The lowest BCUT2D eigenvalue weighted by Crippen LogP contribution is -2.30. The molecule has 1 amide bonds. The Labute approximate surface area is 211 Å². The van der Waals surface area contributed by atoms with Gasteiger partial charge in [0.05, 0.1) is 25.8 Å². The number of halogens is 2. The van der Waals surface area contributed by atoms with Gasteiger partial charge in [-0.15, -0.1) is 0 Å². The monoisotopic (exact) mass is 506 g/mol. The van der Waals surface area contributed by atoms with E-state index >= 15 is 0 Å². The van der Waals surface area contributed by atoms with Crippen LogP contribution in [0.4, 0.5) is 4.39 Å². The molecule has 4 aromatic rings. The molecule has 1 N–H and O–H groups in total. The Balaban J connectivity index is 1.50. The molecule has 0 spiro atoms. The fourth-order valence-corrected chi connectivity index (χ4v) is 3.66. The van der Waals surface area contributed by atoms with Crippen LogP contribution < -0.4 is 14.8 Å². The van der Waals surface area contributed by atoms with Gasteiger partial charge < -0.3 is 14.8 Å². The minimum atomic E-state index is -0.573. The molecule has 2 heterocycles. The molecule has 4 rings (SSSR count). The molecule has 0 aliphatic rings. The Hall–Kier alpha value is -4.37. The van der Waals surface area contributed by atoms with Crippen LogP contribution in [0.3, 0.4) is 0 Å². The predicted molar refractivity (Wildman–Crippen MR) is 132 cm³/mol. The summed E-state index contributed by atoms with van der Waals surface area (Å²) in [6.45, 7) is -0.293. The van der Waals surface area contributed by atoms with Crippen LogP contribution >= 0.6 is 11.6 Å². The fraction of sp³-hybridized carbons (Fsp3) is 0.115. The van der Waals surface area contributed by atoms with Gasteiger partial charge in [-0.2, -0.15) is 0 Å². The second-order valence-electron chi connectivity index (χ2n) is 7.52. The summed E-state index contributed by atoms with van der Waals surface area (Å²) in [5.74, 6) is -0.615. The average molecular weight is 507 g/mol. The lowest BCUT2D eigenvalue weighted by Gasteiger charge is -2.12. The number of pyridine rings is 1. The van der Waals surface area contributed by atoms with Crippen LogP contribution in [-0.2, 0) is 0 Å². The molecule has 0 aliphatic carbocycles. The molecule has 2 aromatic carbocycles. The summed E-state index contributed by atoms with van der Waals surface area (Å²) in [6, 6.07) is 12.1. The van der Waals surface area contributed by atoms with Crippen molar-refractivity contribution in [1.29, 1.82) is 0 Å². The van der Waals surface area contributed by atoms with Crippen molar-refractivity contribution in [2.24, 2.45) is 0 Å². The van der Waals surface area contributed by atoms with Gasteiger partial charge in [-0.25, -0.2) is 19.3 Å². The summed E-state index contributed by atoms with van der Waals surface area (Å²) in [4.78, 5) is 37.9. The van der Waals surface area contributed by atoms with E-state index in [1.165, 1.54) is 44.8 Å². The maximum absolute atomic E-state index is 13.6. The van der Waals surface area contributed by atoms with E-state index in [0.717, 1.165) is 11.1 Å². The van der Waals surface area contributed by atoms with Crippen molar-refractivity contribution in [2.75, 3.05) is 20.8 Å². The van der Waals surface area contributed by atoms with Gasteiger partial charge in [0.25, 0.3) is 5.91 Å². The number of nitrogens with one attached hydrogen (secondary N) is 1. The second-order valence-corrected chi connectivity index (χ2v) is 7.93. The van der Waals surface area contributed by atoms with Gasteiger partial charge in [-0.1, -0.05) is 11.6 Å². The third-order valence-corrected chi connectivity index (χ3v) is 5.59. The third kappa shape index (κ3) is 5.31. The molecule has 0 saturated heterocycles. The number of carbonyl (C=O) groups excluding carboxylic acids is 2. The summed E-state index contributed by atoms with van der Waals surface area (Å²) >= 11 is 5.90. The van der Waals surface area contributed by atoms with Crippen molar-refractivity contribution in [1.82, 2.24) is 20.3 Å². The molecule has 0 aliphatic heterocycles. The molecular weight excluding hydrogens is 487 g/mol. The Bertz CT molecular complexity index is 1430. The molecule has 0 fully saturated rings. The first kappa shape index (κ1) is 24.7. The number of hydrogen-bond acceptors (Lipinski definition) is 7. The number of aromatic nitrogens is 3. The maximum Gasteiger partial charge on any atom is 0.251 e. The molecule has 8 nitrogen and oxygen atoms in total. The smallest absolute Gasteiger partial charge is 0.251 e. The van der Waals surface area contributed by atoms with Crippen molar-refractivity contribution in [3.8, 4) is 33.9 Å². The van der Waals surface area contributed by atoms with E-state index in [1.54, 1.807) is 36.7 Å². The van der Waals surface area contributed by atoms with Crippen LogP contribution in [0.25, 0.3) is 22.4 Å². The fourth-order valence-electron chi connectivity index (χ4n) is 3.48. The first-order valence-corrected chi connectivity index (χ1v) is 11.0. The molecule has 2 aromatic heterocycles. The van der Waals surface area contributed by atoms with Crippen LogP contribution in [0.2, 0.25) is 5.02 Å². The summed E-state index contributed by atoms with van der Waals surface area (Å²) in [5, 5.41) is 2.52. The quantitative estimate of drug-likeness (QED) is 0.347. The Morgan fingerprint density at radius 2 is 1.69 bits per heavy atom. The third-order valence-electron chi connectivity index (χ3n) is 5.30. The van der Waals surface area contributed by atoms with Gasteiger partial charge in [0, 0.05) is 34.6 Å². The number of nitrogens with zero attached hydrogens (tertiary/aromatic N) is 3. The summed E-state index contributed by atoms with van der Waals surface area (Å²) in [5.41, 5.74) is 2.67. The van der Waals surface area contributed by atoms with Crippen LogP contribution in [0, 0.1) is 5.82 Å². The van der Waals surface area contributed by atoms with E-state index in [0.29, 0.717) is 28.3 Å². The number of benzene rings is 2. The molecule has 0 bridgehead atoms. The number of rotatable bonds is 8. The standard InChI is InChI=1S/C26H20ClFN4O4/c1-35-23-8-7-21(32-25(23)15-4-6-20(28)19(27)9-15)22(33)13-31-26(34)16-3-5-18(24(10-16)36-2)17-11-29-14-30-12-17/h3-12,14H,13H2,1-2H3,(H,31,34). The number of amides is 1. The summed E-state index contributed by atoms with van der Waals surface area (Å²) < 4.78 is 24.3. The van der Waals surface area contributed by atoms with Crippen LogP contribution in [-0.4, -0.2) is 47.4 Å². The zero-order chi connectivity index (χ0) is 25.7. The highest BCUT2D eigenvalue weighted by molar-refractivity contribution is 6.31. The average Bonchev–Trinajstić information content (AvgIpc) is 2.92. The zero-order valence-corrected chi connectivity index (χ0v) is 20.0. The van der Waals surface area contributed by atoms with Gasteiger partial charge in [-0.3, -0.25) is 9.59 Å². The molecule has 0 atom stereocenters. The van der Waals surface area contributed by atoms with Gasteiger partial charge >= 0.3 is 0 Å². The van der Waals surface area contributed by atoms with E-state index in [1.807, 2.05) is 0 Å². The van der Waals surface area contributed by atoms with Crippen molar-refractivity contribution >= 4 is 23.3 Å². The van der Waals surface area contributed by atoms with Crippen molar-refractivity contribution in [3.05, 3.63) is 89.3 Å². The van der Waals surface area contributed by atoms with E-state index in [4.69, 9.17) is 21.1 Å². The van der Waals surface area contributed by atoms with Crippen molar-refractivity contribution in [2.45, 2.75) is 0 Å². The van der Waals surface area contributed by atoms with E-state index in [2.05, 4.69) is 20.3 Å². The molecule has 182 valence electrons. The number of hydrogen-bond donors (Lipinski definition) is 1. The van der Waals surface area contributed by atoms with Gasteiger partial charge in [0.1, 0.15) is 35.0 Å². The number of methoxy groups -OCH3 is 2. The van der Waals surface area contributed by atoms with Gasteiger partial charge in [0.15, 0.2) is 5.78 Å². The summed E-state index contributed by atoms with van der Waals surface area (Å²) in [7, 11) is 2.95. The lowest BCUT2D eigenvalue weighted by molar-refractivity contribution is 0.0902. The highest BCUT2D eigenvalue weighted by atomic mass is 35.5. The van der Waals surface area contributed by atoms with Crippen molar-refractivity contribution in [3.63, 3.8) is 0 Å². The summed E-state index contributed by atoms with van der Waals surface area (Å²) in [6.07, 6.45) is 4.70.